The van der Waals surface area contributed by atoms with E-state index in [0.717, 1.165) is 26.3 Å². The van der Waals surface area contributed by atoms with Gasteiger partial charge in [0.2, 0.25) is 5.91 Å². The smallest absolute Gasteiger partial charge is 0.231 e. The zero-order chi connectivity index (χ0) is 19.3. The first kappa shape index (κ1) is 18.5. The number of halogens is 1. The summed E-state index contributed by atoms with van der Waals surface area (Å²) < 4.78 is 2.77. The number of aromatic nitrogens is 4. The molecular weight excluding hydrogens is 438 g/mol. The quantitative estimate of drug-likeness (QED) is 0.469. The molecule has 0 saturated carbocycles. The third kappa shape index (κ3) is 4.35. The minimum Gasteiger partial charge on any atom is -0.311 e. The van der Waals surface area contributed by atoms with Crippen molar-refractivity contribution in [1.82, 2.24) is 19.7 Å². The number of nitrogens with one attached hydrogen (secondary N) is 1. The van der Waals surface area contributed by atoms with Crippen LogP contribution in [0.1, 0.15) is 11.3 Å². The van der Waals surface area contributed by atoms with Gasteiger partial charge in [-0.25, -0.2) is 9.67 Å². The lowest BCUT2D eigenvalue weighted by atomic mass is 10.2. The molecule has 0 aliphatic heterocycles. The SMILES string of the molecule is O=C(Cc1csc(-c2cccnc2)n1)Nc1ccnn1Cc1ccccc1Br. The molecule has 8 heteroatoms. The summed E-state index contributed by atoms with van der Waals surface area (Å²) in [6.07, 6.45) is 5.37. The number of pyridine rings is 1. The standard InChI is InChI=1S/C20H16BrN5OS/c21-17-6-2-1-4-15(17)12-26-18(7-9-23-26)25-19(27)10-16-13-28-20(24-16)14-5-3-8-22-11-14/h1-9,11,13H,10,12H2,(H,25,27). The molecule has 0 aliphatic carbocycles. The molecule has 0 bridgehead atoms. The minimum absolute atomic E-state index is 0.128. The number of rotatable bonds is 6. The van der Waals surface area contributed by atoms with Gasteiger partial charge in [0.05, 0.1) is 24.9 Å². The number of anilines is 1. The topological polar surface area (TPSA) is 72.7 Å². The van der Waals surface area contributed by atoms with E-state index in [9.17, 15) is 4.79 Å². The molecule has 28 heavy (non-hydrogen) atoms. The maximum atomic E-state index is 12.5. The first-order chi connectivity index (χ1) is 13.7. The summed E-state index contributed by atoms with van der Waals surface area (Å²) >= 11 is 5.05. The van der Waals surface area contributed by atoms with Gasteiger partial charge in [-0.15, -0.1) is 11.3 Å². The maximum absolute atomic E-state index is 12.5. The van der Waals surface area contributed by atoms with E-state index in [1.165, 1.54) is 11.3 Å². The van der Waals surface area contributed by atoms with Crippen molar-refractivity contribution in [1.29, 1.82) is 0 Å². The minimum atomic E-state index is -0.128. The fourth-order valence-corrected chi connectivity index (χ4v) is 3.94. The highest BCUT2D eigenvalue weighted by atomic mass is 79.9. The molecule has 6 nitrogen and oxygen atoms in total. The highest BCUT2D eigenvalue weighted by Gasteiger charge is 2.12. The summed E-state index contributed by atoms with van der Waals surface area (Å²) in [5, 5.41) is 10.0. The monoisotopic (exact) mass is 453 g/mol. The van der Waals surface area contributed by atoms with E-state index in [2.05, 4.69) is 36.3 Å². The van der Waals surface area contributed by atoms with Crippen molar-refractivity contribution in [2.45, 2.75) is 13.0 Å². The Bertz CT molecular complexity index is 1090. The first-order valence-corrected chi connectivity index (χ1v) is 10.3. The zero-order valence-corrected chi connectivity index (χ0v) is 17.2. The van der Waals surface area contributed by atoms with Gasteiger partial charge in [0, 0.05) is 33.9 Å². The van der Waals surface area contributed by atoms with Crippen LogP contribution in [-0.2, 0) is 17.8 Å². The van der Waals surface area contributed by atoms with E-state index in [1.807, 2.05) is 41.8 Å². The Kier molecular flexibility index (Phi) is 5.59. The van der Waals surface area contributed by atoms with Crippen molar-refractivity contribution in [2.24, 2.45) is 0 Å². The van der Waals surface area contributed by atoms with Crippen LogP contribution < -0.4 is 5.32 Å². The van der Waals surface area contributed by atoms with Gasteiger partial charge in [-0.3, -0.25) is 9.78 Å². The number of benzene rings is 1. The Morgan fingerprint density at radius 2 is 2.04 bits per heavy atom. The number of hydrogen-bond acceptors (Lipinski definition) is 5. The lowest BCUT2D eigenvalue weighted by Crippen LogP contribution is -2.18. The number of carbonyl (C=O) groups is 1. The van der Waals surface area contributed by atoms with Crippen molar-refractivity contribution >= 4 is 39.0 Å². The van der Waals surface area contributed by atoms with Gasteiger partial charge in [0.25, 0.3) is 0 Å². The summed E-state index contributed by atoms with van der Waals surface area (Å²) in [6.45, 7) is 0.561. The fraction of sp³-hybridized carbons (Fsp3) is 0.100. The molecule has 0 saturated heterocycles. The molecule has 0 radical (unpaired) electrons. The van der Waals surface area contributed by atoms with Gasteiger partial charge in [-0.2, -0.15) is 5.10 Å². The van der Waals surface area contributed by atoms with Gasteiger partial charge >= 0.3 is 0 Å². The molecule has 0 unspecified atom stereocenters. The second kappa shape index (κ2) is 8.45. The molecule has 1 amide bonds. The van der Waals surface area contributed by atoms with E-state index in [1.54, 1.807) is 29.3 Å². The average molecular weight is 454 g/mol. The van der Waals surface area contributed by atoms with Crippen LogP contribution in [0.2, 0.25) is 0 Å². The highest BCUT2D eigenvalue weighted by Crippen LogP contribution is 2.23. The molecule has 1 aromatic carbocycles. The number of hydrogen-bond donors (Lipinski definition) is 1. The third-order valence-corrected chi connectivity index (χ3v) is 5.78. The van der Waals surface area contributed by atoms with Gasteiger partial charge in [0.15, 0.2) is 0 Å². The maximum Gasteiger partial charge on any atom is 0.231 e. The van der Waals surface area contributed by atoms with Crippen LogP contribution in [0.3, 0.4) is 0 Å². The average Bonchev–Trinajstić information content (AvgIpc) is 3.34. The largest absolute Gasteiger partial charge is 0.311 e. The molecule has 4 aromatic rings. The van der Waals surface area contributed by atoms with Crippen LogP contribution in [0.25, 0.3) is 10.6 Å². The summed E-state index contributed by atoms with van der Waals surface area (Å²) in [4.78, 5) is 21.1. The Morgan fingerprint density at radius 3 is 2.86 bits per heavy atom. The van der Waals surface area contributed by atoms with Crippen LogP contribution in [0, 0.1) is 0 Å². The molecule has 3 heterocycles. The zero-order valence-electron chi connectivity index (χ0n) is 14.7. The van der Waals surface area contributed by atoms with Crippen molar-refractivity contribution in [3.8, 4) is 10.6 Å². The molecule has 0 spiro atoms. The Hall–Kier alpha value is -2.84. The van der Waals surface area contributed by atoms with Crippen LogP contribution in [0.5, 0.6) is 0 Å². The second-order valence-electron chi connectivity index (χ2n) is 6.08. The molecule has 4 rings (SSSR count). The molecular formula is C20H16BrN5OS. The lowest BCUT2D eigenvalue weighted by Gasteiger charge is -2.10. The number of carbonyl (C=O) groups excluding carboxylic acids is 1. The summed E-state index contributed by atoms with van der Waals surface area (Å²) in [5.41, 5.74) is 2.77. The summed E-state index contributed by atoms with van der Waals surface area (Å²) in [5.74, 6) is 0.528. The third-order valence-electron chi connectivity index (χ3n) is 4.06. The van der Waals surface area contributed by atoms with Crippen LogP contribution in [0.4, 0.5) is 5.82 Å². The van der Waals surface area contributed by atoms with Gasteiger partial charge in [-0.1, -0.05) is 34.1 Å². The number of nitrogens with zero attached hydrogens (tertiary/aromatic N) is 4. The Morgan fingerprint density at radius 1 is 1.14 bits per heavy atom. The van der Waals surface area contributed by atoms with E-state index in [4.69, 9.17) is 0 Å². The molecule has 3 aromatic heterocycles. The van der Waals surface area contributed by atoms with Gasteiger partial charge < -0.3 is 5.32 Å². The van der Waals surface area contributed by atoms with E-state index >= 15 is 0 Å². The number of amides is 1. The van der Waals surface area contributed by atoms with Gasteiger partial charge in [-0.05, 0) is 23.8 Å². The molecule has 0 fully saturated rings. The number of thiazole rings is 1. The van der Waals surface area contributed by atoms with Crippen molar-refractivity contribution in [2.75, 3.05) is 5.32 Å². The Labute approximate surface area is 174 Å². The lowest BCUT2D eigenvalue weighted by molar-refractivity contribution is -0.115. The van der Waals surface area contributed by atoms with Crippen molar-refractivity contribution in [3.05, 3.63) is 82.2 Å². The highest BCUT2D eigenvalue weighted by molar-refractivity contribution is 9.10. The molecule has 1 N–H and O–H groups in total. The summed E-state index contributed by atoms with van der Waals surface area (Å²) in [6, 6.07) is 13.6. The van der Waals surface area contributed by atoms with Crippen molar-refractivity contribution in [3.63, 3.8) is 0 Å². The van der Waals surface area contributed by atoms with Crippen LogP contribution in [-0.4, -0.2) is 25.7 Å². The molecule has 140 valence electrons. The molecule has 0 atom stereocenters. The van der Waals surface area contributed by atoms with Gasteiger partial charge in [0.1, 0.15) is 10.8 Å². The van der Waals surface area contributed by atoms with E-state index in [-0.39, 0.29) is 12.3 Å². The molecule has 0 aliphatic rings. The van der Waals surface area contributed by atoms with Crippen molar-refractivity contribution < 1.29 is 4.79 Å². The van der Waals surface area contributed by atoms with Crippen LogP contribution >= 0.6 is 27.3 Å². The normalized spacial score (nSPS) is 10.8. The first-order valence-electron chi connectivity index (χ1n) is 8.59. The second-order valence-corrected chi connectivity index (χ2v) is 7.79. The predicted molar refractivity (Wildman–Crippen MR) is 113 cm³/mol. The van der Waals surface area contributed by atoms with Crippen LogP contribution in [0.15, 0.2) is 70.9 Å². The Balaban J connectivity index is 1.42. The van der Waals surface area contributed by atoms with E-state index < -0.39 is 0 Å². The predicted octanol–water partition coefficient (Wildman–Crippen LogP) is 4.39. The van der Waals surface area contributed by atoms with E-state index in [0.29, 0.717) is 12.4 Å². The summed E-state index contributed by atoms with van der Waals surface area (Å²) in [7, 11) is 0. The fourth-order valence-electron chi connectivity index (χ4n) is 2.71.